The predicted octanol–water partition coefficient (Wildman–Crippen LogP) is 5.22. The average Bonchev–Trinajstić information content (AvgIpc) is 2.57. The Morgan fingerprint density at radius 1 is 1.12 bits per heavy atom. The maximum absolute atomic E-state index is 12.6. The molecule has 0 radical (unpaired) electrons. The molecule has 25 heavy (non-hydrogen) atoms. The highest BCUT2D eigenvalue weighted by Gasteiger charge is 2.26. The van der Waals surface area contributed by atoms with Gasteiger partial charge in [-0.2, -0.15) is 0 Å². The maximum atomic E-state index is 12.6. The highest BCUT2D eigenvalue weighted by molar-refractivity contribution is 6.34. The number of urea groups is 1. The Labute approximate surface area is 157 Å². The topological polar surface area (TPSA) is 41.6 Å². The number of rotatable bonds is 2. The van der Waals surface area contributed by atoms with Gasteiger partial charge in [-0.25, -0.2) is 4.79 Å². The van der Waals surface area contributed by atoms with Crippen LogP contribution in [0.5, 0.6) is 0 Å². The van der Waals surface area contributed by atoms with E-state index in [1.165, 1.54) is 5.56 Å². The van der Waals surface area contributed by atoms with Gasteiger partial charge in [0.25, 0.3) is 0 Å². The number of carbonyl (C=O) groups is 1. The molecule has 1 N–H and O–H groups in total. The molecule has 0 aromatic heterocycles. The van der Waals surface area contributed by atoms with Crippen LogP contribution in [-0.4, -0.2) is 30.6 Å². The van der Waals surface area contributed by atoms with E-state index in [0.717, 1.165) is 16.8 Å². The lowest BCUT2D eigenvalue weighted by Crippen LogP contribution is -2.44. The number of nitrogens with one attached hydrogen (secondary N) is 1. The fraction of sp³-hybridized carbons (Fsp3) is 0.316. The van der Waals surface area contributed by atoms with Crippen molar-refractivity contribution in [1.82, 2.24) is 4.90 Å². The van der Waals surface area contributed by atoms with Crippen molar-refractivity contribution in [2.45, 2.75) is 20.0 Å². The molecule has 132 valence electrons. The molecule has 0 spiro atoms. The van der Waals surface area contributed by atoms with Crippen molar-refractivity contribution in [3.63, 3.8) is 0 Å². The number of benzene rings is 2. The van der Waals surface area contributed by atoms with Gasteiger partial charge >= 0.3 is 6.03 Å². The lowest BCUT2D eigenvalue weighted by Gasteiger charge is -2.33. The first-order chi connectivity index (χ1) is 11.9. The number of carbonyl (C=O) groups excluding carboxylic acids is 1. The number of aryl methyl sites for hydroxylation is 2. The summed E-state index contributed by atoms with van der Waals surface area (Å²) in [6, 6.07) is 11.1. The second-order valence-corrected chi connectivity index (χ2v) is 7.11. The SMILES string of the molecule is Cc1ccc(NC(=O)N2CCOC(c3cc(Cl)cc(Cl)c3)C2)cc1C. The largest absolute Gasteiger partial charge is 0.370 e. The van der Waals surface area contributed by atoms with Gasteiger partial charge in [0.2, 0.25) is 0 Å². The number of halogens is 2. The minimum Gasteiger partial charge on any atom is -0.370 e. The third-order valence-electron chi connectivity index (χ3n) is 4.37. The summed E-state index contributed by atoms with van der Waals surface area (Å²) in [5.74, 6) is 0. The second-order valence-electron chi connectivity index (χ2n) is 6.24. The summed E-state index contributed by atoms with van der Waals surface area (Å²) < 4.78 is 5.80. The van der Waals surface area contributed by atoms with Crippen molar-refractivity contribution in [3.8, 4) is 0 Å². The van der Waals surface area contributed by atoms with Crippen LogP contribution in [0.15, 0.2) is 36.4 Å². The van der Waals surface area contributed by atoms with E-state index in [0.29, 0.717) is 29.7 Å². The van der Waals surface area contributed by atoms with Crippen LogP contribution < -0.4 is 5.32 Å². The smallest absolute Gasteiger partial charge is 0.322 e. The minimum atomic E-state index is -0.240. The molecule has 1 aliphatic rings. The zero-order valence-electron chi connectivity index (χ0n) is 14.2. The Balaban J connectivity index is 1.69. The Hall–Kier alpha value is -1.75. The van der Waals surface area contributed by atoms with Crippen LogP contribution >= 0.6 is 23.2 Å². The highest BCUT2D eigenvalue weighted by atomic mass is 35.5. The number of anilines is 1. The predicted molar refractivity (Wildman–Crippen MR) is 102 cm³/mol. The first kappa shape index (κ1) is 18.1. The maximum Gasteiger partial charge on any atom is 0.322 e. The summed E-state index contributed by atoms with van der Waals surface area (Å²) >= 11 is 12.1. The van der Waals surface area contributed by atoms with E-state index in [-0.39, 0.29) is 12.1 Å². The average molecular weight is 379 g/mol. The summed E-state index contributed by atoms with van der Waals surface area (Å²) in [6.07, 6.45) is -0.240. The molecule has 0 saturated carbocycles. The van der Waals surface area contributed by atoms with Gasteiger partial charge in [-0.15, -0.1) is 0 Å². The first-order valence-corrected chi connectivity index (χ1v) is 8.89. The van der Waals surface area contributed by atoms with Crippen molar-refractivity contribution in [3.05, 3.63) is 63.1 Å². The van der Waals surface area contributed by atoms with Gasteiger partial charge in [-0.1, -0.05) is 29.3 Å². The molecule has 1 fully saturated rings. The summed E-state index contributed by atoms with van der Waals surface area (Å²) in [6.45, 7) is 5.53. The van der Waals surface area contributed by atoms with Gasteiger partial charge in [0, 0.05) is 22.3 Å². The second kappa shape index (κ2) is 7.65. The summed E-state index contributed by atoms with van der Waals surface area (Å²) in [4.78, 5) is 14.3. The molecule has 0 bridgehead atoms. The normalized spacial score (nSPS) is 17.4. The van der Waals surface area contributed by atoms with Crippen LogP contribution in [-0.2, 0) is 4.74 Å². The Morgan fingerprint density at radius 2 is 1.84 bits per heavy atom. The molecular formula is C19H20Cl2N2O2. The van der Waals surface area contributed by atoms with Crippen molar-refractivity contribution in [1.29, 1.82) is 0 Å². The molecule has 1 saturated heterocycles. The van der Waals surface area contributed by atoms with Crippen LogP contribution in [0.3, 0.4) is 0 Å². The molecule has 6 heteroatoms. The van der Waals surface area contributed by atoms with E-state index < -0.39 is 0 Å². The number of morpholine rings is 1. The molecular weight excluding hydrogens is 359 g/mol. The molecule has 1 aliphatic heterocycles. The standard InChI is InChI=1S/C19H20Cl2N2O2/c1-12-3-4-17(7-13(12)2)22-19(24)23-5-6-25-18(11-23)14-8-15(20)10-16(21)9-14/h3-4,7-10,18H,5-6,11H2,1-2H3,(H,22,24). The highest BCUT2D eigenvalue weighted by Crippen LogP contribution is 2.28. The third-order valence-corrected chi connectivity index (χ3v) is 4.80. The summed E-state index contributed by atoms with van der Waals surface area (Å²) in [5.41, 5.74) is 4.01. The van der Waals surface area contributed by atoms with Crippen LogP contribution in [0.1, 0.15) is 22.8 Å². The number of hydrogen-bond acceptors (Lipinski definition) is 2. The fourth-order valence-electron chi connectivity index (χ4n) is 2.82. The van der Waals surface area contributed by atoms with Crippen LogP contribution in [0.25, 0.3) is 0 Å². The van der Waals surface area contributed by atoms with Gasteiger partial charge < -0.3 is 15.0 Å². The molecule has 1 unspecified atom stereocenters. The Morgan fingerprint density at radius 3 is 2.52 bits per heavy atom. The molecule has 4 nitrogen and oxygen atoms in total. The van der Waals surface area contributed by atoms with E-state index in [1.807, 2.05) is 44.2 Å². The number of amides is 2. The van der Waals surface area contributed by atoms with E-state index >= 15 is 0 Å². The Kier molecular flexibility index (Phi) is 5.52. The molecule has 2 amide bonds. The lowest BCUT2D eigenvalue weighted by molar-refractivity contribution is -0.0134. The number of hydrogen-bond donors (Lipinski definition) is 1. The first-order valence-electron chi connectivity index (χ1n) is 8.13. The summed E-state index contributed by atoms with van der Waals surface area (Å²) in [5, 5.41) is 4.07. The molecule has 1 heterocycles. The number of nitrogens with zero attached hydrogens (tertiary/aromatic N) is 1. The zero-order valence-corrected chi connectivity index (χ0v) is 15.7. The fourth-order valence-corrected chi connectivity index (χ4v) is 3.36. The molecule has 0 aliphatic carbocycles. The van der Waals surface area contributed by atoms with Gasteiger partial charge in [0.1, 0.15) is 6.10 Å². The third kappa shape index (κ3) is 4.46. The van der Waals surface area contributed by atoms with Crippen LogP contribution in [0, 0.1) is 13.8 Å². The van der Waals surface area contributed by atoms with Gasteiger partial charge in [0.15, 0.2) is 0 Å². The van der Waals surface area contributed by atoms with E-state index in [1.54, 1.807) is 11.0 Å². The van der Waals surface area contributed by atoms with Crippen LogP contribution in [0.2, 0.25) is 10.0 Å². The Bertz CT molecular complexity index is 775. The quantitative estimate of drug-likeness (QED) is 0.778. The van der Waals surface area contributed by atoms with Gasteiger partial charge in [-0.05, 0) is 60.9 Å². The minimum absolute atomic E-state index is 0.135. The van der Waals surface area contributed by atoms with Gasteiger partial charge in [-0.3, -0.25) is 0 Å². The van der Waals surface area contributed by atoms with Crippen molar-refractivity contribution < 1.29 is 9.53 Å². The molecule has 2 aromatic carbocycles. The van der Waals surface area contributed by atoms with E-state index in [9.17, 15) is 4.79 Å². The van der Waals surface area contributed by atoms with E-state index in [4.69, 9.17) is 27.9 Å². The van der Waals surface area contributed by atoms with Crippen molar-refractivity contribution >= 4 is 34.9 Å². The lowest BCUT2D eigenvalue weighted by atomic mass is 10.1. The van der Waals surface area contributed by atoms with Crippen molar-refractivity contribution in [2.24, 2.45) is 0 Å². The number of ether oxygens (including phenoxy) is 1. The molecule has 1 atom stereocenters. The monoisotopic (exact) mass is 378 g/mol. The summed E-state index contributed by atoms with van der Waals surface area (Å²) in [7, 11) is 0. The van der Waals surface area contributed by atoms with Crippen molar-refractivity contribution in [2.75, 3.05) is 25.0 Å². The molecule has 3 rings (SSSR count). The molecule has 2 aromatic rings. The zero-order chi connectivity index (χ0) is 18.0. The van der Waals surface area contributed by atoms with E-state index in [2.05, 4.69) is 5.32 Å². The van der Waals surface area contributed by atoms with Gasteiger partial charge in [0.05, 0.1) is 13.2 Å². The van der Waals surface area contributed by atoms with Crippen LogP contribution in [0.4, 0.5) is 10.5 Å².